The minimum atomic E-state index is 0.548. The normalized spacial score (nSPS) is 15.2. The van der Waals surface area contributed by atoms with E-state index in [0.717, 1.165) is 42.6 Å². The van der Waals surface area contributed by atoms with Crippen molar-refractivity contribution in [3.05, 3.63) is 36.0 Å². The van der Waals surface area contributed by atoms with Gasteiger partial charge in [-0.1, -0.05) is 6.08 Å². The molecule has 0 amide bonds. The first-order valence-electron chi connectivity index (χ1n) is 7.05. The molecule has 4 N–H and O–H groups in total. The van der Waals surface area contributed by atoms with Crippen molar-refractivity contribution in [3.63, 3.8) is 0 Å². The third-order valence-corrected chi connectivity index (χ3v) is 3.76. The molecule has 0 spiro atoms. The average molecular weight is 330 g/mol. The van der Waals surface area contributed by atoms with Crippen LogP contribution in [0.2, 0.25) is 0 Å². The Bertz CT molecular complexity index is 736. The summed E-state index contributed by atoms with van der Waals surface area (Å²) in [5.41, 5.74) is 2.85. The molecule has 1 aliphatic rings. The first-order chi connectivity index (χ1) is 11.4. The van der Waals surface area contributed by atoms with Crippen molar-refractivity contribution in [2.24, 2.45) is 16.2 Å². The summed E-state index contributed by atoms with van der Waals surface area (Å²) in [6.07, 6.45) is 4.46. The Kier molecular flexibility index (Phi) is 5.02. The second-order valence-electron chi connectivity index (χ2n) is 4.73. The number of nitrogens with two attached hydrogens (primary N) is 1. The van der Waals surface area contributed by atoms with E-state index >= 15 is 0 Å². The number of aromatic nitrogens is 2. The van der Waals surface area contributed by atoms with Gasteiger partial charge >= 0.3 is 6.34 Å². The summed E-state index contributed by atoms with van der Waals surface area (Å²) < 4.78 is 14.5. The molecule has 0 unspecified atom stereocenters. The second kappa shape index (κ2) is 7.56. The molecule has 0 saturated heterocycles. The quantitative estimate of drug-likeness (QED) is 0.246. The SMILES string of the molecule is NN=NC=[NH+]c1ccc(Oc2nsnc2C2=CCNCC2)cc1. The van der Waals surface area contributed by atoms with Gasteiger partial charge in [0.2, 0.25) is 0 Å². The molecule has 9 heteroatoms. The van der Waals surface area contributed by atoms with E-state index in [-0.39, 0.29) is 0 Å². The van der Waals surface area contributed by atoms with Crippen LogP contribution in [0.4, 0.5) is 5.69 Å². The van der Waals surface area contributed by atoms with Crippen molar-refractivity contribution in [1.82, 2.24) is 14.1 Å². The molecular weight excluding hydrogens is 314 g/mol. The summed E-state index contributed by atoms with van der Waals surface area (Å²) in [4.78, 5) is 2.93. The van der Waals surface area contributed by atoms with Gasteiger partial charge < -0.3 is 10.1 Å². The molecule has 0 atom stereocenters. The zero-order valence-corrected chi connectivity index (χ0v) is 13.1. The van der Waals surface area contributed by atoms with Gasteiger partial charge in [-0.25, -0.2) is 4.99 Å². The van der Waals surface area contributed by atoms with Gasteiger partial charge in [-0.05, 0) is 42.8 Å². The predicted octanol–water partition coefficient (Wildman–Crippen LogP) is 0.773. The zero-order valence-electron chi connectivity index (χ0n) is 12.3. The molecule has 1 aromatic carbocycles. The lowest BCUT2D eigenvalue weighted by Gasteiger charge is -2.12. The number of hydrogen-bond donors (Lipinski definition) is 3. The van der Waals surface area contributed by atoms with Crippen LogP contribution in [0.15, 0.2) is 40.7 Å². The largest absolute Gasteiger partial charge is 0.436 e. The first kappa shape index (κ1) is 15.3. The number of nitrogens with zero attached hydrogens (tertiary/aromatic N) is 4. The van der Waals surface area contributed by atoms with Crippen LogP contribution in [0, 0.1) is 0 Å². The maximum atomic E-state index is 5.86. The number of benzene rings is 1. The molecule has 3 rings (SSSR count). The monoisotopic (exact) mass is 330 g/mol. The van der Waals surface area contributed by atoms with Crippen molar-refractivity contribution in [3.8, 4) is 11.6 Å². The summed E-state index contributed by atoms with van der Waals surface area (Å²) in [6.45, 7) is 1.79. The van der Waals surface area contributed by atoms with E-state index in [1.54, 1.807) is 0 Å². The van der Waals surface area contributed by atoms with Crippen molar-refractivity contribution in [2.75, 3.05) is 13.1 Å². The van der Waals surface area contributed by atoms with Gasteiger partial charge in [0.05, 0.1) is 16.8 Å². The van der Waals surface area contributed by atoms with Gasteiger partial charge in [0, 0.05) is 11.8 Å². The minimum Gasteiger partial charge on any atom is -0.436 e. The van der Waals surface area contributed by atoms with Crippen LogP contribution < -0.4 is 20.9 Å². The fourth-order valence-electron chi connectivity index (χ4n) is 2.15. The molecule has 0 fully saturated rings. The Morgan fingerprint density at radius 2 is 2.17 bits per heavy atom. The maximum absolute atomic E-state index is 5.86. The van der Waals surface area contributed by atoms with E-state index in [0.29, 0.717) is 11.6 Å². The lowest BCUT2D eigenvalue weighted by Crippen LogP contribution is -2.60. The molecule has 2 aromatic rings. The highest BCUT2D eigenvalue weighted by atomic mass is 32.1. The van der Waals surface area contributed by atoms with E-state index in [9.17, 15) is 0 Å². The fraction of sp³-hybridized carbons (Fsp3) is 0.214. The van der Waals surface area contributed by atoms with Crippen LogP contribution in [0.5, 0.6) is 11.6 Å². The zero-order chi connectivity index (χ0) is 15.9. The van der Waals surface area contributed by atoms with Crippen molar-refractivity contribution < 1.29 is 9.73 Å². The molecule has 23 heavy (non-hydrogen) atoms. The van der Waals surface area contributed by atoms with Crippen LogP contribution in [0.3, 0.4) is 0 Å². The lowest BCUT2D eigenvalue weighted by molar-refractivity contribution is -0.348. The number of rotatable bonds is 5. The highest BCUT2D eigenvalue weighted by molar-refractivity contribution is 6.99. The van der Waals surface area contributed by atoms with E-state index in [4.69, 9.17) is 10.6 Å². The standard InChI is InChI=1S/C14H15N7OS/c15-21-18-9-17-11-1-3-12(4-2-11)22-14-13(19-23-20-14)10-5-7-16-8-6-10/h1-5,9,16H,6-8H2,(H2,15,17,18)/p+1. The molecule has 1 aromatic heterocycles. The van der Waals surface area contributed by atoms with Gasteiger partial charge in [-0.15, -0.1) is 4.37 Å². The minimum absolute atomic E-state index is 0.548. The van der Waals surface area contributed by atoms with Gasteiger partial charge in [0.25, 0.3) is 5.88 Å². The Morgan fingerprint density at radius 1 is 1.30 bits per heavy atom. The predicted molar refractivity (Wildman–Crippen MR) is 87.6 cm³/mol. The third kappa shape index (κ3) is 3.96. The van der Waals surface area contributed by atoms with Crippen LogP contribution in [0.25, 0.3) is 5.57 Å². The Labute approximate surface area is 137 Å². The summed E-state index contributed by atoms with van der Waals surface area (Å²) in [5, 5.41) is 9.93. The lowest BCUT2D eigenvalue weighted by atomic mass is 10.1. The molecule has 118 valence electrons. The van der Waals surface area contributed by atoms with Crippen LogP contribution in [-0.2, 0) is 0 Å². The average Bonchev–Trinajstić information content (AvgIpc) is 3.06. The Morgan fingerprint density at radius 3 is 2.91 bits per heavy atom. The molecule has 0 radical (unpaired) electrons. The first-order valence-corrected chi connectivity index (χ1v) is 7.78. The van der Waals surface area contributed by atoms with Gasteiger partial charge in [-0.2, -0.15) is 4.37 Å². The van der Waals surface area contributed by atoms with Crippen molar-refractivity contribution in [2.45, 2.75) is 6.42 Å². The van der Waals surface area contributed by atoms with Gasteiger partial charge in [-0.3, -0.25) is 5.84 Å². The van der Waals surface area contributed by atoms with Crippen LogP contribution in [-0.4, -0.2) is 28.2 Å². The van der Waals surface area contributed by atoms with Gasteiger partial charge in [0.1, 0.15) is 17.1 Å². The maximum Gasteiger partial charge on any atom is 0.314 e. The van der Waals surface area contributed by atoms with Crippen LogP contribution >= 0.6 is 11.7 Å². The number of nitrogens with one attached hydrogen (secondary N) is 2. The smallest absolute Gasteiger partial charge is 0.314 e. The van der Waals surface area contributed by atoms with E-state index in [2.05, 4.69) is 35.5 Å². The molecule has 8 nitrogen and oxygen atoms in total. The van der Waals surface area contributed by atoms with Crippen molar-refractivity contribution >= 4 is 29.3 Å². The topological polar surface area (TPSA) is 112 Å². The van der Waals surface area contributed by atoms with Gasteiger partial charge in [0.15, 0.2) is 0 Å². The molecule has 0 bridgehead atoms. The summed E-state index contributed by atoms with van der Waals surface area (Å²) >= 11 is 1.16. The number of ether oxygens (including phenoxy) is 1. The van der Waals surface area contributed by atoms with E-state index in [1.807, 2.05) is 24.3 Å². The molecule has 1 aliphatic heterocycles. The highest BCUT2D eigenvalue weighted by Gasteiger charge is 2.16. The molecule has 0 saturated carbocycles. The van der Waals surface area contributed by atoms with E-state index < -0.39 is 0 Å². The van der Waals surface area contributed by atoms with Crippen LogP contribution in [0.1, 0.15) is 12.1 Å². The summed E-state index contributed by atoms with van der Waals surface area (Å²) in [6, 6.07) is 7.41. The summed E-state index contributed by atoms with van der Waals surface area (Å²) in [5.74, 6) is 6.16. The Balaban J connectivity index is 1.73. The molecule has 2 heterocycles. The number of hydrogen-bond acceptors (Lipinski definition) is 6. The summed E-state index contributed by atoms with van der Waals surface area (Å²) in [7, 11) is 0. The second-order valence-corrected chi connectivity index (χ2v) is 5.26. The van der Waals surface area contributed by atoms with Crippen molar-refractivity contribution in [1.29, 1.82) is 0 Å². The third-order valence-electron chi connectivity index (χ3n) is 3.25. The fourth-order valence-corrected chi connectivity index (χ4v) is 2.66. The van der Waals surface area contributed by atoms with E-state index in [1.165, 1.54) is 11.9 Å². The highest BCUT2D eigenvalue weighted by Crippen LogP contribution is 2.30. The molecular formula is C14H16N7OS+. The Hall–Kier alpha value is -2.65. The molecule has 0 aliphatic carbocycles.